The van der Waals surface area contributed by atoms with Gasteiger partial charge >= 0.3 is 0 Å². The van der Waals surface area contributed by atoms with Crippen LogP contribution in [0.15, 0.2) is 0 Å². The lowest BCUT2D eigenvalue weighted by Crippen LogP contribution is -2.47. The summed E-state index contributed by atoms with van der Waals surface area (Å²) >= 11 is 0. The van der Waals surface area contributed by atoms with Crippen molar-refractivity contribution in [3.63, 3.8) is 0 Å². The molecule has 2 nitrogen and oxygen atoms in total. The highest BCUT2D eigenvalue weighted by atomic mass is 15.0. The van der Waals surface area contributed by atoms with Crippen LogP contribution in [0.3, 0.4) is 0 Å². The van der Waals surface area contributed by atoms with Crippen molar-refractivity contribution < 1.29 is 0 Å². The van der Waals surface area contributed by atoms with Crippen molar-refractivity contribution in [2.45, 2.75) is 82.7 Å². The highest BCUT2D eigenvalue weighted by Crippen LogP contribution is 2.27. The molecule has 2 heteroatoms. The zero-order valence-electron chi connectivity index (χ0n) is 11.3. The molecule has 0 aliphatic heterocycles. The second-order valence-corrected chi connectivity index (χ2v) is 6.10. The van der Waals surface area contributed by atoms with Crippen molar-refractivity contribution >= 4 is 0 Å². The Labute approximate surface area is 107 Å². The SMILES string of the molecule is NCC(NC1CCCCCC1)C1CCCCC1. The summed E-state index contributed by atoms with van der Waals surface area (Å²) in [4.78, 5) is 0. The normalized spacial score (nSPS) is 26.6. The van der Waals surface area contributed by atoms with Crippen LogP contribution in [0.25, 0.3) is 0 Å². The molecule has 0 aromatic rings. The molecule has 0 aromatic heterocycles. The van der Waals surface area contributed by atoms with Gasteiger partial charge in [-0.25, -0.2) is 0 Å². The maximum atomic E-state index is 6.00. The van der Waals surface area contributed by atoms with Gasteiger partial charge in [0, 0.05) is 18.6 Å². The van der Waals surface area contributed by atoms with Crippen molar-refractivity contribution in [1.82, 2.24) is 5.32 Å². The number of hydrogen-bond acceptors (Lipinski definition) is 2. The molecule has 2 fully saturated rings. The highest BCUT2D eigenvalue weighted by Gasteiger charge is 2.24. The monoisotopic (exact) mass is 238 g/mol. The fourth-order valence-corrected chi connectivity index (χ4v) is 3.68. The van der Waals surface area contributed by atoms with Gasteiger partial charge in [-0.2, -0.15) is 0 Å². The van der Waals surface area contributed by atoms with E-state index in [1.807, 2.05) is 0 Å². The molecule has 0 heterocycles. The Morgan fingerprint density at radius 2 is 1.35 bits per heavy atom. The molecule has 0 spiro atoms. The van der Waals surface area contributed by atoms with Crippen molar-refractivity contribution in [2.24, 2.45) is 11.7 Å². The van der Waals surface area contributed by atoms with E-state index in [0.717, 1.165) is 18.5 Å². The smallest absolute Gasteiger partial charge is 0.0221 e. The minimum Gasteiger partial charge on any atom is -0.329 e. The van der Waals surface area contributed by atoms with E-state index < -0.39 is 0 Å². The maximum absolute atomic E-state index is 6.00. The van der Waals surface area contributed by atoms with Crippen LogP contribution in [0.2, 0.25) is 0 Å². The van der Waals surface area contributed by atoms with E-state index in [9.17, 15) is 0 Å². The quantitative estimate of drug-likeness (QED) is 0.738. The Morgan fingerprint density at radius 3 is 1.94 bits per heavy atom. The lowest BCUT2D eigenvalue weighted by atomic mass is 9.83. The predicted molar refractivity (Wildman–Crippen MR) is 74.0 cm³/mol. The molecule has 0 radical (unpaired) electrons. The summed E-state index contributed by atoms with van der Waals surface area (Å²) in [7, 11) is 0. The zero-order valence-corrected chi connectivity index (χ0v) is 11.3. The molecule has 17 heavy (non-hydrogen) atoms. The topological polar surface area (TPSA) is 38.0 Å². The van der Waals surface area contributed by atoms with Gasteiger partial charge in [-0.1, -0.05) is 44.9 Å². The standard InChI is InChI=1S/C15H30N2/c16-12-15(13-8-4-3-5-9-13)17-14-10-6-1-2-7-11-14/h13-15,17H,1-12,16H2. The summed E-state index contributed by atoms with van der Waals surface area (Å²) < 4.78 is 0. The second kappa shape index (κ2) is 7.38. The van der Waals surface area contributed by atoms with Crippen LogP contribution in [0, 0.1) is 5.92 Å². The molecule has 1 unspecified atom stereocenters. The zero-order chi connectivity index (χ0) is 11.9. The maximum Gasteiger partial charge on any atom is 0.0221 e. The molecule has 1 atom stereocenters. The van der Waals surface area contributed by atoms with Gasteiger partial charge in [0.1, 0.15) is 0 Å². The Morgan fingerprint density at radius 1 is 0.824 bits per heavy atom. The Kier molecular flexibility index (Phi) is 5.79. The first-order valence-electron chi connectivity index (χ1n) is 7.86. The lowest BCUT2D eigenvalue weighted by molar-refractivity contribution is 0.247. The third kappa shape index (κ3) is 4.26. The van der Waals surface area contributed by atoms with Crippen molar-refractivity contribution in [3.05, 3.63) is 0 Å². The average Bonchev–Trinajstić information content (AvgIpc) is 2.65. The fourth-order valence-electron chi connectivity index (χ4n) is 3.68. The van der Waals surface area contributed by atoms with Crippen LogP contribution < -0.4 is 11.1 Å². The van der Waals surface area contributed by atoms with E-state index in [-0.39, 0.29) is 0 Å². The van der Waals surface area contributed by atoms with Gasteiger partial charge in [0.25, 0.3) is 0 Å². The van der Waals surface area contributed by atoms with Crippen LogP contribution in [-0.4, -0.2) is 18.6 Å². The molecule has 3 N–H and O–H groups in total. The second-order valence-electron chi connectivity index (χ2n) is 6.10. The van der Waals surface area contributed by atoms with E-state index >= 15 is 0 Å². The van der Waals surface area contributed by atoms with Crippen molar-refractivity contribution in [1.29, 1.82) is 0 Å². The fraction of sp³-hybridized carbons (Fsp3) is 1.00. The minimum atomic E-state index is 0.596. The van der Waals surface area contributed by atoms with Crippen molar-refractivity contribution in [2.75, 3.05) is 6.54 Å². The molecule has 0 aromatic carbocycles. The number of rotatable bonds is 4. The first-order chi connectivity index (χ1) is 8.40. The van der Waals surface area contributed by atoms with Crippen molar-refractivity contribution in [3.8, 4) is 0 Å². The van der Waals surface area contributed by atoms with Crippen LogP contribution in [0.4, 0.5) is 0 Å². The van der Waals surface area contributed by atoms with E-state index in [1.165, 1.54) is 70.6 Å². The van der Waals surface area contributed by atoms with Gasteiger partial charge in [0.15, 0.2) is 0 Å². The average molecular weight is 238 g/mol. The molecule has 0 saturated heterocycles. The van der Waals surface area contributed by atoms with Gasteiger partial charge in [-0.15, -0.1) is 0 Å². The summed E-state index contributed by atoms with van der Waals surface area (Å²) in [6, 6.07) is 1.35. The number of nitrogens with one attached hydrogen (secondary N) is 1. The summed E-state index contributed by atoms with van der Waals surface area (Å²) in [5.41, 5.74) is 6.00. The first kappa shape index (κ1) is 13.4. The molecule has 100 valence electrons. The molecular weight excluding hydrogens is 208 g/mol. The molecular formula is C15H30N2. The Balaban J connectivity index is 1.80. The lowest BCUT2D eigenvalue weighted by Gasteiger charge is -2.33. The van der Waals surface area contributed by atoms with Gasteiger partial charge in [0.2, 0.25) is 0 Å². The van der Waals surface area contributed by atoms with Crippen LogP contribution in [-0.2, 0) is 0 Å². The van der Waals surface area contributed by atoms with Crippen LogP contribution in [0.5, 0.6) is 0 Å². The van der Waals surface area contributed by atoms with Crippen LogP contribution >= 0.6 is 0 Å². The van der Waals surface area contributed by atoms with E-state index in [0.29, 0.717) is 6.04 Å². The van der Waals surface area contributed by atoms with E-state index in [2.05, 4.69) is 5.32 Å². The molecule has 2 rings (SSSR count). The van der Waals surface area contributed by atoms with Gasteiger partial charge < -0.3 is 11.1 Å². The number of nitrogens with two attached hydrogens (primary N) is 1. The van der Waals surface area contributed by atoms with Gasteiger partial charge in [-0.3, -0.25) is 0 Å². The molecule has 0 amide bonds. The van der Waals surface area contributed by atoms with E-state index in [1.54, 1.807) is 0 Å². The predicted octanol–water partition coefficient (Wildman–Crippen LogP) is 3.21. The largest absolute Gasteiger partial charge is 0.329 e. The third-order valence-electron chi connectivity index (χ3n) is 4.78. The highest BCUT2D eigenvalue weighted by molar-refractivity contribution is 4.84. The molecule has 2 aliphatic carbocycles. The Bertz CT molecular complexity index is 191. The summed E-state index contributed by atoms with van der Waals surface area (Å²) in [6.07, 6.45) is 15.6. The summed E-state index contributed by atoms with van der Waals surface area (Å²) in [5, 5.41) is 3.89. The van der Waals surface area contributed by atoms with Gasteiger partial charge in [-0.05, 0) is 31.6 Å². The first-order valence-corrected chi connectivity index (χ1v) is 7.86. The Hall–Kier alpha value is -0.0800. The molecule has 2 aliphatic rings. The molecule has 2 saturated carbocycles. The summed E-state index contributed by atoms with van der Waals surface area (Å²) in [6.45, 7) is 0.834. The summed E-state index contributed by atoms with van der Waals surface area (Å²) in [5.74, 6) is 0.858. The van der Waals surface area contributed by atoms with Crippen LogP contribution in [0.1, 0.15) is 70.6 Å². The molecule has 0 bridgehead atoms. The number of hydrogen-bond donors (Lipinski definition) is 2. The third-order valence-corrected chi connectivity index (χ3v) is 4.78. The van der Waals surface area contributed by atoms with E-state index in [4.69, 9.17) is 5.73 Å². The van der Waals surface area contributed by atoms with Gasteiger partial charge in [0.05, 0.1) is 0 Å². The minimum absolute atomic E-state index is 0.596.